The lowest BCUT2D eigenvalue weighted by Gasteiger charge is -2.11. The smallest absolute Gasteiger partial charge is 0.308 e. The van der Waals surface area contributed by atoms with Crippen LogP contribution in [0.3, 0.4) is 0 Å². The standard InChI is InChI=1S/C12H15NO2.ClH/c1-9(14)15-11-5-2-4-10(8-11)12-6-3-7-13-12;/h2,4-5,8,12-13H,3,6-7H2,1H3;1H/t12-;/m1./s1. The summed E-state index contributed by atoms with van der Waals surface area (Å²) < 4.78 is 5.05. The Labute approximate surface area is 102 Å². The number of hydrogen-bond acceptors (Lipinski definition) is 3. The molecule has 2 rings (SSSR count). The molecular formula is C12H16ClNO2. The molecule has 0 amide bonds. The molecule has 0 spiro atoms. The van der Waals surface area contributed by atoms with E-state index in [4.69, 9.17) is 4.74 Å². The van der Waals surface area contributed by atoms with Crippen LogP contribution in [0.1, 0.15) is 31.4 Å². The van der Waals surface area contributed by atoms with Gasteiger partial charge in [0.05, 0.1) is 0 Å². The van der Waals surface area contributed by atoms with E-state index in [0.29, 0.717) is 11.8 Å². The van der Waals surface area contributed by atoms with Crippen LogP contribution in [0.15, 0.2) is 24.3 Å². The van der Waals surface area contributed by atoms with Crippen molar-refractivity contribution in [1.82, 2.24) is 5.32 Å². The average molecular weight is 242 g/mol. The van der Waals surface area contributed by atoms with Crippen LogP contribution in [-0.2, 0) is 4.79 Å². The van der Waals surface area contributed by atoms with Crippen molar-refractivity contribution >= 4 is 18.4 Å². The Balaban J connectivity index is 0.00000128. The number of esters is 1. The molecule has 0 bridgehead atoms. The van der Waals surface area contributed by atoms with Crippen LogP contribution in [0.4, 0.5) is 0 Å². The summed E-state index contributed by atoms with van der Waals surface area (Å²) in [6.07, 6.45) is 2.37. The van der Waals surface area contributed by atoms with Gasteiger partial charge in [0.1, 0.15) is 5.75 Å². The van der Waals surface area contributed by atoms with Gasteiger partial charge in [-0.25, -0.2) is 0 Å². The molecule has 0 aromatic heterocycles. The van der Waals surface area contributed by atoms with Crippen LogP contribution in [0.2, 0.25) is 0 Å². The normalized spacial score (nSPS) is 18.9. The van der Waals surface area contributed by atoms with Gasteiger partial charge in [0.2, 0.25) is 0 Å². The first-order valence-corrected chi connectivity index (χ1v) is 5.27. The van der Waals surface area contributed by atoms with Gasteiger partial charge in [0.15, 0.2) is 0 Å². The lowest BCUT2D eigenvalue weighted by molar-refractivity contribution is -0.131. The van der Waals surface area contributed by atoms with E-state index in [1.165, 1.54) is 18.9 Å². The van der Waals surface area contributed by atoms with Crippen molar-refractivity contribution in [2.45, 2.75) is 25.8 Å². The van der Waals surface area contributed by atoms with Gasteiger partial charge in [-0.3, -0.25) is 4.79 Å². The predicted octanol–water partition coefficient (Wildman–Crippen LogP) is 2.46. The van der Waals surface area contributed by atoms with E-state index in [1.54, 1.807) is 6.07 Å². The van der Waals surface area contributed by atoms with Crippen molar-refractivity contribution in [3.8, 4) is 5.75 Å². The fraction of sp³-hybridized carbons (Fsp3) is 0.417. The highest BCUT2D eigenvalue weighted by Gasteiger charge is 2.16. The zero-order valence-corrected chi connectivity index (χ0v) is 10.0. The molecule has 1 N–H and O–H groups in total. The van der Waals surface area contributed by atoms with E-state index in [1.807, 2.05) is 12.1 Å². The van der Waals surface area contributed by atoms with Gasteiger partial charge >= 0.3 is 5.97 Å². The van der Waals surface area contributed by atoms with E-state index in [9.17, 15) is 4.79 Å². The van der Waals surface area contributed by atoms with Crippen LogP contribution in [0.25, 0.3) is 0 Å². The third-order valence-electron chi connectivity index (χ3n) is 2.58. The zero-order valence-electron chi connectivity index (χ0n) is 9.23. The maximum absolute atomic E-state index is 10.8. The Bertz CT molecular complexity index is 362. The van der Waals surface area contributed by atoms with Crippen molar-refractivity contribution < 1.29 is 9.53 Å². The molecule has 0 radical (unpaired) electrons. The largest absolute Gasteiger partial charge is 0.427 e. The predicted molar refractivity (Wildman–Crippen MR) is 65.0 cm³/mol. The van der Waals surface area contributed by atoms with Gasteiger partial charge in [-0.2, -0.15) is 0 Å². The lowest BCUT2D eigenvalue weighted by atomic mass is 10.1. The number of hydrogen-bond donors (Lipinski definition) is 1. The molecule has 1 aliphatic heterocycles. The minimum absolute atomic E-state index is 0. The second kappa shape index (κ2) is 5.87. The Morgan fingerprint density at radius 1 is 1.50 bits per heavy atom. The number of rotatable bonds is 2. The number of ether oxygens (including phenoxy) is 1. The molecule has 1 aromatic rings. The van der Waals surface area contributed by atoms with Gasteiger partial charge in [-0.15, -0.1) is 12.4 Å². The molecule has 16 heavy (non-hydrogen) atoms. The van der Waals surface area contributed by atoms with Gasteiger partial charge in [0.25, 0.3) is 0 Å². The Morgan fingerprint density at radius 3 is 2.94 bits per heavy atom. The van der Waals surface area contributed by atoms with Crippen molar-refractivity contribution in [3.05, 3.63) is 29.8 Å². The van der Waals surface area contributed by atoms with Crippen LogP contribution in [-0.4, -0.2) is 12.5 Å². The van der Waals surface area contributed by atoms with Crippen molar-refractivity contribution in [1.29, 1.82) is 0 Å². The molecule has 0 unspecified atom stereocenters. The van der Waals surface area contributed by atoms with Gasteiger partial charge in [-0.1, -0.05) is 12.1 Å². The van der Waals surface area contributed by atoms with Crippen molar-refractivity contribution in [3.63, 3.8) is 0 Å². The topological polar surface area (TPSA) is 38.3 Å². The van der Waals surface area contributed by atoms with Crippen LogP contribution in [0.5, 0.6) is 5.75 Å². The summed E-state index contributed by atoms with van der Waals surface area (Å²) in [6, 6.07) is 8.15. The first kappa shape index (κ1) is 13.0. The first-order chi connectivity index (χ1) is 7.25. The molecule has 1 heterocycles. The summed E-state index contributed by atoms with van der Waals surface area (Å²) >= 11 is 0. The van der Waals surface area contributed by atoms with Gasteiger partial charge in [-0.05, 0) is 37.1 Å². The molecule has 1 saturated heterocycles. The van der Waals surface area contributed by atoms with Gasteiger partial charge in [0, 0.05) is 13.0 Å². The number of carbonyl (C=O) groups is 1. The molecule has 0 aliphatic carbocycles. The number of carbonyl (C=O) groups excluding carboxylic acids is 1. The summed E-state index contributed by atoms with van der Waals surface area (Å²) in [5.41, 5.74) is 1.20. The van der Waals surface area contributed by atoms with Crippen LogP contribution in [0, 0.1) is 0 Å². The Kier molecular flexibility index (Phi) is 4.77. The maximum Gasteiger partial charge on any atom is 0.308 e. The van der Waals surface area contributed by atoms with E-state index in [2.05, 4.69) is 11.4 Å². The highest BCUT2D eigenvalue weighted by atomic mass is 35.5. The van der Waals surface area contributed by atoms with E-state index < -0.39 is 0 Å². The summed E-state index contributed by atoms with van der Waals surface area (Å²) in [7, 11) is 0. The average Bonchev–Trinajstić information content (AvgIpc) is 2.69. The SMILES string of the molecule is CC(=O)Oc1cccc([C@H]2CCCN2)c1.Cl. The molecule has 88 valence electrons. The summed E-state index contributed by atoms with van der Waals surface area (Å²) in [5, 5.41) is 3.41. The molecular weight excluding hydrogens is 226 g/mol. The fourth-order valence-electron chi connectivity index (χ4n) is 1.93. The maximum atomic E-state index is 10.8. The zero-order chi connectivity index (χ0) is 10.7. The molecule has 1 atom stereocenters. The van der Waals surface area contributed by atoms with Crippen LogP contribution < -0.4 is 10.1 Å². The molecule has 1 aromatic carbocycles. The number of benzene rings is 1. The minimum atomic E-state index is -0.272. The second-order valence-electron chi connectivity index (χ2n) is 3.82. The Morgan fingerprint density at radius 2 is 2.31 bits per heavy atom. The summed E-state index contributed by atoms with van der Waals surface area (Å²) in [5.74, 6) is 0.361. The molecule has 0 saturated carbocycles. The van der Waals surface area contributed by atoms with E-state index in [-0.39, 0.29) is 18.4 Å². The highest BCUT2D eigenvalue weighted by Crippen LogP contribution is 2.25. The monoisotopic (exact) mass is 241 g/mol. The third-order valence-corrected chi connectivity index (χ3v) is 2.58. The fourth-order valence-corrected chi connectivity index (χ4v) is 1.93. The minimum Gasteiger partial charge on any atom is -0.427 e. The summed E-state index contributed by atoms with van der Waals surface area (Å²) in [4.78, 5) is 10.8. The first-order valence-electron chi connectivity index (χ1n) is 5.27. The number of nitrogens with one attached hydrogen (secondary N) is 1. The van der Waals surface area contributed by atoms with Gasteiger partial charge < -0.3 is 10.1 Å². The van der Waals surface area contributed by atoms with E-state index in [0.717, 1.165) is 13.0 Å². The Hall–Kier alpha value is -1.06. The molecule has 1 aliphatic rings. The molecule has 3 nitrogen and oxygen atoms in total. The highest BCUT2D eigenvalue weighted by molar-refractivity contribution is 5.85. The third kappa shape index (κ3) is 3.22. The quantitative estimate of drug-likeness (QED) is 0.639. The molecule has 1 fully saturated rings. The lowest BCUT2D eigenvalue weighted by Crippen LogP contribution is -2.13. The molecule has 4 heteroatoms. The second-order valence-corrected chi connectivity index (χ2v) is 3.82. The van der Waals surface area contributed by atoms with E-state index >= 15 is 0 Å². The van der Waals surface area contributed by atoms with Crippen LogP contribution >= 0.6 is 12.4 Å². The summed E-state index contributed by atoms with van der Waals surface area (Å²) in [6.45, 7) is 2.49. The van der Waals surface area contributed by atoms with Crippen molar-refractivity contribution in [2.24, 2.45) is 0 Å². The van der Waals surface area contributed by atoms with Crippen molar-refractivity contribution in [2.75, 3.05) is 6.54 Å². The number of halogens is 1.